The number of nitriles is 1. The van der Waals surface area contributed by atoms with Crippen molar-refractivity contribution in [2.75, 3.05) is 6.54 Å². The minimum absolute atomic E-state index is 0.00473. The molecule has 0 heterocycles. The normalized spacial score (nSPS) is 23.5. The van der Waals surface area contributed by atoms with E-state index in [1.54, 1.807) is 0 Å². The van der Waals surface area contributed by atoms with E-state index in [0.717, 1.165) is 44.6 Å². The van der Waals surface area contributed by atoms with Crippen LogP contribution in [0.5, 0.6) is 0 Å². The van der Waals surface area contributed by atoms with Crippen molar-refractivity contribution in [2.45, 2.75) is 70.6 Å². The van der Waals surface area contributed by atoms with Crippen molar-refractivity contribution < 1.29 is 4.79 Å². The second kappa shape index (κ2) is 6.93. The lowest BCUT2D eigenvalue weighted by molar-refractivity contribution is -0.128. The van der Waals surface area contributed by atoms with Gasteiger partial charge >= 0.3 is 0 Å². The first-order valence-electron chi connectivity index (χ1n) is 7.96. The Morgan fingerprint density at radius 1 is 1.11 bits per heavy atom. The molecule has 0 aliphatic heterocycles. The zero-order valence-corrected chi connectivity index (χ0v) is 11.9. The molecule has 2 rings (SSSR count). The highest BCUT2D eigenvalue weighted by atomic mass is 16.2. The Balaban J connectivity index is 1.80. The Kier molecular flexibility index (Phi) is 5.24. The predicted octanol–water partition coefficient (Wildman–Crippen LogP) is 3.55. The van der Waals surface area contributed by atoms with Crippen molar-refractivity contribution in [1.29, 1.82) is 5.26 Å². The van der Waals surface area contributed by atoms with E-state index in [1.807, 2.05) is 0 Å². The number of rotatable bonds is 4. The van der Waals surface area contributed by atoms with Crippen LogP contribution >= 0.6 is 0 Å². The van der Waals surface area contributed by atoms with E-state index in [9.17, 15) is 10.1 Å². The molecule has 2 aliphatic carbocycles. The summed E-state index contributed by atoms with van der Waals surface area (Å²) in [6.45, 7) is 0.757. The highest BCUT2D eigenvalue weighted by molar-refractivity contribution is 5.85. The third-order valence-electron chi connectivity index (χ3n) is 4.92. The Bertz CT molecular complexity index is 331. The molecule has 0 bridgehead atoms. The number of amides is 1. The minimum Gasteiger partial charge on any atom is -0.355 e. The molecule has 19 heavy (non-hydrogen) atoms. The maximum absolute atomic E-state index is 12.3. The second-order valence-electron chi connectivity index (χ2n) is 6.30. The molecule has 0 aromatic heterocycles. The number of nitrogens with zero attached hydrogens (tertiary/aromatic N) is 1. The van der Waals surface area contributed by atoms with Gasteiger partial charge in [0.1, 0.15) is 5.41 Å². The first kappa shape index (κ1) is 14.4. The Hall–Kier alpha value is -1.04. The van der Waals surface area contributed by atoms with Crippen LogP contribution in [-0.2, 0) is 4.79 Å². The summed E-state index contributed by atoms with van der Waals surface area (Å²) in [5.74, 6) is 0.794. The summed E-state index contributed by atoms with van der Waals surface area (Å²) in [6.07, 6.45) is 12.3. The van der Waals surface area contributed by atoms with E-state index in [2.05, 4.69) is 11.4 Å². The highest BCUT2D eigenvalue weighted by Gasteiger charge is 2.38. The van der Waals surface area contributed by atoms with Gasteiger partial charge in [0.25, 0.3) is 0 Å². The van der Waals surface area contributed by atoms with Gasteiger partial charge in [-0.2, -0.15) is 5.26 Å². The Morgan fingerprint density at radius 2 is 1.74 bits per heavy atom. The molecule has 0 aromatic carbocycles. The molecule has 0 aromatic rings. The van der Waals surface area contributed by atoms with Gasteiger partial charge in [-0.25, -0.2) is 0 Å². The molecule has 0 radical (unpaired) electrons. The van der Waals surface area contributed by atoms with Gasteiger partial charge in [0.05, 0.1) is 6.07 Å². The molecule has 2 aliphatic rings. The van der Waals surface area contributed by atoms with Gasteiger partial charge < -0.3 is 5.32 Å². The summed E-state index contributed by atoms with van der Waals surface area (Å²) in [6, 6.07) is 2.32. The van der Waals surface area contributed by atoms with Crippen LogP contribution in [0.15, 0.2) is 0 Å². The predicted molar refractivity (Wildman–Crippen MR) is 75.3 cm³/mol. The first-order valence-corrected chi connectivity index (χ1v) is 7.96. The second-order valence-corrected chi connectivity index (χ2v) is 6.30. The summed E-state index contributed by atoms with van der Waals surface area (Å²) in [5.41, 5.74) is -0.730. The molecule has 0 spiro atoms. The summed E-state index contributed by atoms with van der Waals surface area (Å²) in [4.78, 5) is 12.3. The van der Waals surface area contributed by atoms with Gasteiger partial charge in [-0.3, -0.25) is 4.79 Å². The lowest BCUT2D eigenvalue weighted by Gasteiger charge is -2.24. The van der Waals surface area contributed by atoms with Gasteiger partial charge in [0, 0.05) is 6.54 Å². The SMILES string of the molecule is N#CC1(C(=O)NCCC2CCCC2)CCCCCC1. The van der Waals surface area contributed by atoms with Gasteiger partial charge in [0.15, 0.2) is 0 Å². The van der Waals surface area contributed by atoms with Crippen LogP contribution in [0.2, 0.25) is 0 Å². The Labute approximate surface area is 116 Å². The molecule has 0 atom stereocenters. The van der Waals surface area contributed by atoms with Crippen molar-refractivity contribution in [3.63, 3.8) is 0 Å². The maximum Gasteiger partial charge on any atom is 0.240 e. The molecular weight excluding hydrogens is 236 g/mol. The summed E-state index contributed by atoms with van der Waals surface area (Å²) in [5, 5.41) is 12.5. The summed E-state index contributed by atoms with van der Waals surface area (Å²) < 4.78 is 0. The zero-order chi connectivity index (χ0) is 13.6. The fourth-order valence-electron chi connectivity index (χ4n) is 3.58. The average Bonchev–Trinajstić information content (AvgIpc) is 2.82. The van der Waals surface area contributed by atoms with Crippen LogP contribution < -0.4 is 5.32 Å². The summed E-state index contributed by atoms with van der Waals surface area (Å²) in [7, 11) is 0. The van der Waals surface area contributed by atoms with Crippen LogP contribution in [0.25, 0.3) is 0 Å². The number of carbonyl (C=O) groups excluding carboxylic acids is 1. The molecule has 0 unspecified atom stereocenters. The third kappa shape index (κ3) is 3.72. The molecule has 2 fully saturated rings. The van der Waals surface area contributed by atoms with Crippen molar-refractivity contribution in [3.8, 4) is 6.07 Å². The van der Waals surface area contributed by atoms with Crippen LogP contribution in [0.1, 0.15) is 70.6 Å². The molecular formula is C16H26N2O. The van der Waals surface area contributed by atoms with E-state index < -0.39 is 5.41 Å². The first-order chi connectivity index (χ1) is 9.27. The number of carbonyl (C=O) groups is 1. The van der Waals surface area contributed by atoms with Crippen LogP contribution in [-0.4, -0.2) is 12.5 Å². The fraction of sp³-hybridized carbons (Fsp3) is 0.875. The van der Waals surface area contributed by atoms with Crippen LogP contribution in [0.4, 0.5) is 0 Å². The number of nitrogens with one attached hydrogen (secondary N) is 1. The van der Waals surface area contributed by atoms with Crippen molar-refractivity contribution in [3.05, 3.63) is 0 Å². The molecule has 106 valence electrons. The van der Waals surface area contributed by atoms with Gasteiger partial charge in [-0.05, 0) is 25.2 Å². The van der Waals surface area contributed by atoms with Gasteiger partial charge in [-0.15, -0.1) is 0 Å². The monoisotopic (exact) mass is 262 g/mol. The smallest absolute Gasteiger partial charge is 0.240 e. The van der Waals surface area contributed by atoms with E-state index in [0.29, 0.717) is 0 Å². The molecule has 2 saturated carbocycles. The van der Waals surface area contributed by atoms with Crippen LogP contribution in [0.3, 0.4) is 0 Å². The number of hydrogen-bond acceptors (Lipinski definition) is 2. The van der Waals surface area contributed by atoms with E-state index >= 15 is 0 Å². The van der Waals surface area contributed by atoms with Gasteiger partial charge in [-0.1, -0.05) is 51.4 Å². The number of hydrogen-bond donors (Lipinski definition) is 1. The van der Waals surface area contributed by atoms with Gasteiger partial charge in [0.2, 0.25) is 5.91 Å². The largest absolute Gasteiger partial charge is 0.355 e. The molecule has 3 nitrogen and oxygen atoms in total. The quantitative estimate of drug-likeness (QED) is 0.788. The van der Waals surface area contributed by atoms with E-state index in [4.69, 9.17) is 0 Å². The molecule has 1 N–H and O–H groups in total. The van der Waals surface area contributed by atoms with Crippen LogP contribution in [0, 0.1) is 22.7 Å². The lowest BCUT2D eigenvalue weighted by atomic mass is 9.81. The van der Waals surface area contributed by atoms with E-state index in [-0.39, 0.29) is 5.91 Å². The topological polar surface area (TPSA) is 52.9 Å². The summed E-state index contributed by atoms with van der Waals surface area (Å²) >= 11 is 0. The van der Waals surface area contributed by atoms with Crippen molar-refractivity contribution in [2.24, 2.45) is 11.3 Å². The maximum atomic E-state index is 12.3. The molecule has 3 heteroatoms. The molecule has 1 amide bonds. The van der Waals surface area contributed by atoms with Crippen molar-refractivity contribution >= 4 is 5.91 Å². The van der Waals surface area contributed by atoms with Crippen molar-refractivity contribution in [1.82, 2.24) is 5.32 Å². The average molecular weight is 262 g/mol. The highest BCUT2D eigenvalue weighted by Crippen LogP contribution is 2.34. The standard InChI is InChI=1S/C16H26N2O/c17-13-16(10-5-1-2-6-11-16)15(19)18-12-9-14-7-3-4-8-14/h14H,1-12H2,(H,18,19). The Morgan fingerprint density at radius 3 is 2.32 bits per heavy atom. The minimum atomic E-state index is -0.730. The third-order valence-corrected chi connectivity index (χ3v) is 4.92. The van der Waals surface area contributed by atoms with E-state index in [1.165, 1.54) is 38.5 Å². The lowest BCUT2D eigenvalue weighted by Crippen LogP contribution is -2.40. The molecule has 0 saturated heterocycles. The fourth-order valence-corrected chi connectivity index (χ4v) is 3.58. The zero-order valence-electron chi connectivity index (χ0n) is 11.9.